The van der Waals surface area contributed by atoms with Crippen LogP contribution in [0.1, 0.15) is 49.8 Å². The highest BCUT2D eigenvalue weighted by Gasteiger charge is 2.51. The van der Waals surface area contributed by atoms with E-state index in [0.29, 0.717) is 6.61 Å². The van der Waals surface area contributed by atoms with E-state index < -0.39 is 11.7 Å². The summed E-state index contributed by atoms with van der Waals surface area (Å²) in [7, 11) is 0. The monoisotopic (exact) mass is 402 g/mol. The fourth-order valence-electron chi connectivity index (χ4n) is 6.20. The number of benzene rings is 1. The van der Waals surface area contributed by atoms with Crippen LogP contribution in [0.15, 0.2) is 18.2 Å². The number of aromatic nitrogens is 3. The molecular formula is C21H21F3N4O. The van der Waals surface area contributed by atoms with E-state index in [2.05, 4.69) is 15.4 Å². The number of nitrogens with one attached hydrogen (secondary N) is 1. The Kier molecular flexibility index (Phi) is 4.12. The van der Waals surface area contributed by atoms with Crippen molar-refractivity contribution in [1.82, 2.24) is 15.4 Å². The molecule has 4 aliphatic rings. The van der Waals surface area contributed by atoms with Gasteiger partial charge in [0.15, 0.2) is 5.69 Å². The molecule has 0 atom stereocenters. The van der Waals surface area contributed by atoms with Crippen molar-refractivity contribution in [2.75, 3.05) is 6.61 Å². The van der Waals surface area contributed by atoms with E-state index in [4.69, 9.17) is 10.00 Å². The van der Waals surface area contributed by atoms with E-state index >= 15 is 0 Å². The largest absolute Gasteiger partial charge is 0.493 e. The van der Waals surface area contributed by atoms with Gasteiger partial charge in [-0.3, -0.25) is 0 Å². The summed E-state index contributed by atoms with van der Waals surface area (Å²) in [6, 6.07) is 5.39. The van der Waals surface area contributed by atoms with Crippen molar-refractivity contribution in [2.24, 2.45) is 23.2 Å². The van der Waals surface area contributed by atoms with Crippen molar-refractivity contribution in [2.45, 2.75) is 44.7 Å². The van der Waals surface area contributed by atoms with Crippen LogP contribution >= 0.6 is 0 Å². The molecule has 0 radical (unpaired) electrons. The van der Waals surface area contributed by atoms with Gasteiger partial charge in [0.1, 0.15) is 17.5 Å². The summed E-state index contributed by atoms with van der Waals surface area (Å²) in [5.41, 5.74) is -0.503. The molecule has 4 fully saturated rings. The Bertz CT molecular complexity index is 940. The maximum Gasteiger partial charge on any atom is 0.416 e. The molecular weight excluding hydrogens is 381 g/mol. The van der Waals surface area contributed by atoms with Gasteiger partial charge in [0.2, 0.25) is 0 Å². The molecule has 4 saturated carbocycles. The summed E-state index contributed by atoms with van der Waals surface area (Å²) in [5, 5.41) is 19.0. The van der Waals surface area contributed by atoms with Gasteiger partial charge >= 0.3 is 6.18 Å². The third-order valence-corrected chi connectivity index (χ3v) is 6.87. The number of ether oxygens (including phenoxy) is 1. The van der Waals surface area contributed by atoms with Crippen molar-refractivity contribution in [3.8, 4) is 23.1 Å². The van der Waals surface area contributed by atoms with Gasteiger partial charge in [-0.25, -0.2) is 0 Å². The first-order valence-corrected chi connectivity index (χ1v) is 10.00. The second-order valence-corrected chi connectivity index (χ2v) is 9.08. The zero-order chi connectivity index (χ0) is 20.2. The summed E-state index contributed by atoms with van der Waals surface area (Å²) < 4.78 is 46.4. The summed E-state index contributed by atoms with van der Waals surface area (Å²) in [4.78, 5) is 0. The zero-order valence-electron chi connectivity index (χ0n) is 15.8. The summed E-state index contributed by atoms with van der Waals surface area (Å²) in [6.45, 7) is 0.446. The van der Waals surface area contributed by atoms with Crippen LogP contribution < -0.4 is 4.74 Å². The van der Waals surface area contributed by atoms with Gasteiger partial charge in [0, 0.05) is 11.0 Å². The number of hydrogen-bond acceptors (Lipinski definition) is 4. The van der Waals surface area contributed by atoms with Crippen LogP contribution in [0, 0.1) is 34.5 Å². The molecule has 4 bridgehead atoms. The van der Waals surface area contributed by atoms with Gasteiger partial charge in [0.05, 0.1) is 12.2 Å². The topological polar surface area (TPSA) is 74.6 Å². The second-order valence-electron chi connectivity index (χ2n) is 9.08. The first kappa shape index (κ1) is 18.5. The van der Waals surface area contributed by atoms with Crippen LogP contribution in [0.4, 0.5) is 13.2 Å². The van der Waals surface area contributed by atoms with Crippen molar-refractivity contribution < 1.29 is 17.9 Å². The molecule has 4 aliphatic carbocycles. The zero-order valence-corrected chi connectivity index (χ0v) is 15.8. The lowest BCUT2D eigenvalue weighted by atomic mass is 9.50. The molecule has 6 rings (SSSR count). The number of nitriles is 1. The van der Waals surface area contributed by atoms with E-state index in [1.165, 1.54) is 25.3 Å². The van der Waals surface area contributed by atoms with Crippen LogP contribution in [0.25, 0.3) is 11.3 Å². The first-order valence-electron chi connectivity index (χ1n) is 10.00. The number of halogens is 3. The molecule has 8 heteroatoms. The SMILES string of the molecule is N#Cc1n[nH]nc1-c1cc(OCC23CC4CC(CC(C4)C2)C3)cc(C(F)(F)F)c1. The number of alkyl halides is 3. The molecule has 0 spiro atoms. The van der Waals surface area contributed by atoms with E-state index in [-0.39, 0.29) is 28.1 Å². The van der Waals surface area contributed by atoms with Crippen molar-refractivity contribution >= 4 is 0 Å². The number of rotatable bonds is 4. The molecule has 0 amide bonds. The molecule has 2 aromatic rings. The Morgan fingerprint density at radius 2 is 1.72 bits per heavy atom. The molecule has 0 aliphatic heterocycles. The molecule has 29 heavy (non-hydrogen) atoms. The quantitative estimate of drug-likeness (QED) is 0.785. The minimum Gasteiger partial charge on any atom is -0.493 e. The van der Waals surface area contributed by atoms with Crippen LogP contribution in [0.3, 0.4) is 0 Å². The highest BCUT2D eigenvalue weighted by molar-refractivity contribution is 5.67. The highest BCUT2D eigenvalue weighted by atomic mass is 19.4. The van der Waals surface area contributed by atoms with Crippen LogP contribution in [-0.4, -0.2) is 22.0 Å². The van der Waals surface area contributed by atoms with Crippen molar-refractivity contribution in [3.63, 3.8) is 0 Å². The number of H-pyrrole nitrogens is 1. The predicted octanol–water partition coefficient (Wildman–Crippen LogP) is 4.96. The third-order valence-electron chi connectivity index (χ3n) is 6.87. The number of aromatic amines is 1. The van der Waals surface area contributed by atoms with Gasteiger partial charge in [-0.15, -0.1) is 5.10 Å². The molecule has 5 nitrogen and oxygen atoms in total. The van der Waals surface area contributed by atoms with Crippen LogP contribution in [0.2, 0.25) is 0 Å². The Morgan fingerprint density at radius 3 is 2.31 bits per heavy atom. The van der Waals surface area contributed by atoms with Gasteiger partial charge in [-0.05, 0) is 74.5 Å². The maximum atomic E-state index is 13.5. The normalized spacial score (nSPS) is 30.3. The number of nitrogens with zero attached hydrogens (tertiary/aromatic N) is 3. The highest BCUT2D eigenvalue weighted by Crippen LogP contribution is 2.60. The van der Waals surface area contributed by atoms with Gasteiger partial charge in [-0.1, -0.05) is 0 Å². The minimum atomic E-state index is -4.52. The van der Waals surface area contributed by atoms with Crippen LogP contribution in [-0.2, 0) is 6.18 Å². The summed E-state index contributed by atoms with van der Waals surface area (Å²) >= 11 is 0. The Balaban J connectivity index is 1.44. The second kappa shape index (κ2) is 6.48. The van der Waals surface area contributed by atoms with E-state index in [1.807, 2.05) is 6.07 Å². The van der Waals surface area contributed by atoms with Crippen molar-refractivity contribution in [3.05, 3.63) is 29.5 Å². The van der Waals surface area contributed by atoms with Crippen molar-refractivity contribution in [1.29, 1.82) is 5.26 Å². The molecule has 1 heterocycles. The van der Waals surface area contributed by atoms with E-state index in [1.54, 1.807) is 0 Å². The average molecular weight is 402 g/mol. The fourth-order valence-corrected chi connectivity index (χ4v) is 6.20. The Labute approximate surface area is 166 Å². The van der Waals surface area contributed by atoms with Gasteiger partial charge in [-0.2, -0.15) is 28.7 Å². The Hall–Kier alpha value is -2.56. The molecule has 1 N–H and O–H groups in total. The standard InChI is InChI=1S/C21H21F3N4O/c22-21(23,24)16-4-15(19-18(10-25)26-28-27-19)5-17(6-16)29-11-20-7-12-1-13(8-20)3-14(2-12)9-20/h4-6,12-14H,1-3,7-9,11H2,(H,26,27,28). The summed E-state index contributed by atoms with van der Waals surface area (Å²) in [6.07, 6.45) is 2.74. The van der Waals surface area contributed by atoms with Gasteiger partial charge < -0.3 is 4.74 Å². The molecule has 1 aromatic heterocycles. The smallest absolute Gasteiger partial charge is 0.416 e. The first-order chi connectivity index (χ1) is 13.8. The fraction of sp³-hybridized carbons (Fsp3) is 0.571. The average Bonchev–Trinajstić information content (AvgIpc) is 3.13. The minimum absolute atomic E-state index is 0.0450. The number of hydrogen-bond donors (Lipinski definition) is 1. The predicted molar refractivity (Wildman–Crippen MR) is 97.6 cm³/mol. The lowest BCUT2D eigenvalue weighted by molar-refractivity contribution is -0.137. The molecule has 0 saturated heterocycles. The van der Waals surface area contributed by atoms with Gasteiger partial charge in [0.25, 0.3) is 0 Å². The van der Waals surface area contributed by atoms with E-state index in [9.17, 15) is 13.2 Å². The van der Waals surface area contributed by atoms with Crippen LogP contribution in [0.5, 0.6) is 5.75 Å². The maximum absolute atomic E-state index is 13.5. The Morgan fingerprint density at radius 1 is 1.07 bits per heavy atom. The molecule has 152 valence electrons. The molecule has 0 unspecified atom stereocenters. The summed E-state index contributed by atoms with van der Waals surface area (Å²) in [5.74, 6) is 2.40. The lowest BCUT2D eigenvalue weighted by Gasteiger charge is -2.56. The van der Waals surface area contributed by atoms with E-state index in [0.717, 1.165) is 49.1 Å². The molecule has 1 aromatic carbocycles. The lowest BCUT2D eigenvalue weighted by Crippen LogP contribution is -2.48. The third kappa shape index (κ3) is 3.37.